The van der Waals surface area contributed by atoms with Gasteiger partial charge in [-0.3, -0.25) is 4.79 Å². The standard InChI is InChI=1S/C15H19Cl2N5OS/c1-8(2)9(3)19-13(23)7-24-15-21-20-14(22(15)18)11-5-4-10(16)6-12(11)17/h4-6,8-9H,7,18H2,1-3H3,(H,19,23)/t9-/m1/s1. The lowest BCUT2D eigenvalue weighted by Gasteiger charge is -2.17. The summed E-state index contributed by atoms with van der Waals surface area (Å²) in [4.78, 5) is 11.9. The van der Waals surface area contributed by atoms with Crippen molar-refractivity contribution in [1.82, 2.24) is 20.2 Å². The molecule has 0 aliphatic rings. The third kappa shape index (κ3) is 4.55. The SMILES string of the molecule is CC(C)[C@@H](C)NC(=O)CSc1nnc(-c2ccc(Cl)cc2Cl)n1N. The zero-order valence-electron chi connectivity index (χ0n) is 13.6. The van der Waals surface area contributed by atoms with Gasteiger partial charge >= 0.3 is 0 Å². The fourth-order valence-corrected chi connectivity index (χ4v) is 2.98. The largest absolute Gasteiger partial charge is 0.353 e. The van der Waals surface area contributed by atoms with Crippen LogP contribution in [0.2, 0.25) is 10.0 Å². The number of hydrogen-bond acceptors (Lipinski definition) is 5. The Kier molecular flexibility index (Phi) is 6.37. The summed E-state index contributed by atoms with van der Waals surface area (Å²) in [7, 11) is 0. The van der Waals surface area contributed by atoms with Crippen LogP contribution in [0.1, 0.15) is 20.8 Å². The van der Waals surface area contributed by atoms with Crippen molar-refractivity contribution >= 4 is 40.9 Å². The number of rotatable bonds is 6. The van der Waals surface area contributed by atoms with E-state index in [0.717, 1.165) is 0 Å². The Morgan fingerprint density at radius 1 is 1.33 bits per heavy atom. The van der Waals surface area contributed by atoms with Crippen molar-refractivity contribution in [3.63, 3.8) is 0 Å². The molecule has 2 rings (SSSR count). The van der Waals surface area contributed by atoms with E-state index >= 15 is 0 Å². The summed E-state index contributed by atoms with van der Waals surface area (Å²) in [6.07, 6.45) is 0. The molecular weight excluding hydrogens is 369 g/mol. The molecule has 0 aliphatic carbocycles. The Balaban J connectivity index is 2.06. The fourth-order valence-electron chi connectivity index (χ4n) is 1.82. The zero-order chi connectivity index (χ0) is 17.9. The molecule has 0 spiro atoms. The smallest absolute Gasteiger partial charge is 0.230 e. The number of carbonyl (C=O) groups excluding carboxylic acids is 1. The molecule has 0 fully saturated rings. The fraction of sp³-hybridized carbons (Fsp3) is 0.400. The normalized spacial score (nSPS) is 12.4. The number of nitrogen functional groups attached to an aromatic ring is 1. The van der Waals surface area contributed by atoms with Gasteiger partial charge in [-0.1, -0.05) is 48.8 Å². The van der Waals surface area contributed by atoms with Crippen LogP contribution >= 0.6 is 35.0 Å². The van der Waals surface area contributed by atoms with E-state index in [1.807, 2.05) is 6.92 Å². The number of thioether (sulfide) groups is 1. The summed E-state index contributed by atoms with van der Waals surface area (Å²) in [6.45, 7) is 6.08. The van der Waals surface area contributed by atoms with Gasteiger partial charge in [-0.15, -0.1) is 10.2 Å². The predicted octanol–water partition coefficient (Wildman–Crippen LogP) is 3.22. The van der Waals surface area contributed by atoms with Crippen LogP contribution < -0.4 is 11.2 Å². The quantitative estimate of drug-likeness (QED) is 0.586. The summed E-state index contributed by atoms with van der Waals surface area (Å²) >= 11 is 13.3. The average Bonchev–Trinajstić information content (AvgIpc) is 2.86. The number of aromatic nitrogens is 3. The molecule has 130 valence electrons. The Labute approximate surface area is 155 Å². The highest BCUT2D eigenvalue weighted by Gasteiger charge is 2.17. The monoisotopic (exact) mass is 387 g/mol. The van der Waals surface area contributed by atoms with Gasteiger partial charge in [0.2, 0.25) is 11.1 Å². The second-order valence-corrected chi connectivity index (χ2v) is 7.48. The maximum absolute atomic E-state index is 11.9. The molecule has 1 aromatic heterocycles. The minimum Gasteiger partial charge on any atom is -0.353 e. The molecule has 9 heteroatoms. The molecule has 1 amide bonds. The number of halogens is 2. The van der Waals surface area contributed by atoms with Crippen LogP contribution in [0.5, 0.6) is 0 Å². The molecule has 2 aromatic rings. The van der Waals surface area contributed by atoms with E-state index in [1.54, 1.807) is 18.2 Å². The summed E-state index contributed by atoms with van der Waals surface area (Å²) < 4.78 is 1.32. The highest BCUT2D eigenvalue weighted by Crippen LogP contribution is 2.30. The number of carbonyl (C=O) groups is 1. The summed E-state index contributed by atoms with van der Waals surface area (Å²) in [5.74, 6) is 6.94. The average molecular weight is 388 g/mol. The summed E-state index contributed by atoms with van der Waals surface area (Å²) in [6, 6.07) is 5.15. The second kappa shape index (κ2) is 8.09. The lowest BCUT2D eigenvalue weighted by atomic mass is 10.1. The molecule has 1 aromatic carbocycles. The van der Waals surface area contributed by atoms with E-state index < -0.39 is 0 Å². The molecular formula is C15H19Cl2N5OS. The van der Waals surface area contributed by atoms with Crippen LogP contribution in [0.25, 0.3) is 11.4 Å². The predicted molar refractivity (Wildman–Crippen MR) is 98.8 cm³/mol. The van der Waals surface area contributed by atoms with Crippen LogP contribution in [0.15, 0.2) is 23.4 Å². The minimum atomic E-state index is -0.0738. The van der Waals surface area contributed by atoms with E-state index in [0.29, 0.717) is 32.5 Å². The van der Waals surface area contributed by atoms with Crippen molar-refractivity contribution in [2.45, 2.75) is 32.0 Å². The van der Waals surface area contributed by atoms with Crippen LogP contribution in [-0.4, -0.2) is 32.6 Å². The molecule has 24 heavy (non-hydrogen) atoms. The molecule has 0 aliphatic heterocycles. The highest BCUT2D eigenvalue weighted by molar-refractivity contribution is 7.99. The van der Waals surface area contributed by atoms with Crippen molar-refractivity contribution in [2.24, 2.45) is 5.92 Å². The van der Waals surface area contributed by atoms with Crippen molar-refractivity contribution < 1.29 is 4.79 Å². The lowest BCUT2D eigenvalue weighted by molar-refractivity contribution is -0.119. The van der Waals surface area contributed by atoms with Crippen LogP contribution in [0.3, 0.4) is 0 Å². The van der Waals surface area contributed by atoms with E-state index in [1.165, 1.54) is 16.4 Å². The molecule has 0 saturated carbocycles. The highest BCUT2D eigenvalue weighted by atomic mass is 35.5. The van der Waals surface area contributed by atoms with Crippen molar-refractivity contribution in [2.75, 3.05) is 11.6 Å². The van der Waals surface area contributed by atoms with E-state index in [-0.39, 0.29) is 17.7 Å². The van der Waals surface area contributed by atoms with Gasteiger partial charge in [0.05, 0.1) is 10.8 Å². The molecule has 0 saturated heterocycles. The van der Waals surface area contributed by atoms with Crippen LogP contribution in [0.4, 0.5) is 0 Å². The molecule has 0 radical (unpaired) electrons. The third-order valence-electron chi connectivity index (χ3n) is 3.56. The van der Waals surface area contributed by atoms with Gasteiger partial charge in [0.1, 0.15) is 0 Å². The molecule has 0 unspecified atom stereocenters. The van der Waals surface area contributed by atoms with Gasteiger partial charge in [0.25, 0.3) is 0 Å². The van der Waals surface area contributed by atoms with Gasteiger partial charge in [-0.25, -0.2) is 4.68 Å². The Bertz CT molecular complexity index is 735. The maximum Gasteiger partial charge on any atom is 0.230 e. The van der Waals surface area contributed by atoms with Crippen LogP contribution in [0, 0.1) is 5.92 Å². The molecule has 1 heterocycles. The number of amides is 1. The number of nitrogens with zero attached hydrogens (tertiary/aromatic N) is 3. The molecule has 0 bridgehead atoms. The summed E-state index contributed by atoms with van der Waals surface area (Å²) in [5, 5.41) is 12.4. The van der Waals surface area contributed by atoms with Crippen molar-refractivity contribution in [3.05, 3.63) is 28.2 Å². The Morgan fingerprint density at radius 3 is 2.67 bits per heavy atom. The molecule has 3 N–H and O–H groups in total. The first-order valence-corrected chi connectivity index (χ1v) is 9.11. The first kappa shape index (κ1) is 18.9. The first-order valence-electron chi connectivity index (χ1n) is 7.37. The lowest BCUT2D eigenvalue weighted by Crippen LogP contribution is -2.37. The van der Waals surface area contributed by atoms with Gasteiger partial charge in [-0.05, 0) is 31.0 Å². The number of nitrogens with two attached hydrogens (primary N) is 1. The second-order valence-electron chi connectivity index (χ2n) is 5.69. The van der Waals surface area contributed by atoms with E-state index in [2.05, 4.69) is 29.4 Å². The van der Waals surface area contributed by atoms with Crippen LogP contribution in [-0.2, 0) is 4.79 Å². The minimum absolute atomic E-state index is 0.0738. The van der Waals surface area contributed by atoms with Gasteiger partial charge in [0.15, 0.2) is 5.82 Å². The Hall–Kier alpha value is -1.44. The van der Waals surface area contributed by atoms with Crippen molar-refractivity contribution in [3.8, 4) is 11.4 Å². The topological polar surface area (TPSA) is 85.8 Å². The third-order valence-corrected chi connectivity index (χ3v) is 5.05. The number of benzene rings is 1. The van der Waals surface area contributed by atoms with Gasteiger partial charge < -0.3 is 11.2 Å². The maximum atomic E-state index is 11.9. The number of hydrogen-bond donors (Lipinski definition) is 2. The molecule has 1 atom stereocenters. The number of nitrogens with one attached hydrogen (secondary N) is 1. The first-order chi connectivity index (χ1) is 11.3. The van der Waals surface area contributed by atoms with E-state index in [9.17, 15) is 4.79 Å². The van der Waals surface area contributed by atoms with Crippen molar-refractivity contribution in [1.29, 1.82) is 0 Å². The Morgan fingerprint density at radius 2 is 2.04 bits per heavy atom. The zero-order valence-corrected chi connectivity index (χ0v) is 15.9. The van der Waals surface area contributed by atoms with Gasteiger partial charge in [-0.2, -0.15) is 0 Å². The van der Waals surface area contributed by atoms with E-state index in [4.69, 9.17) is 29.0 Å². The van der Waals surface area contributed by atoms with Gasteiger partial charge in [0, 0.05) is 16.6 Å². The summed E-state index contributed by atoms with van der Waals surface area (Å²) in [5.41, 5.74) is 0.626. The molecule has 6 nitrogen and oxygen atoms in total.